The summed E-state index contributed by atoms with van der Waals surface area (Å²) in [6, 6.07) is 15.5. The van der Waals surface area contributed by atoms with Crippen molar-refractivity contribution in [2.45, 2.75) is 10.9 Å². The summed E-state index contributed by atoms with van der Waals surface area (Å²) in [5.74, 6) is 2.28. The Balaban J connectivity index is 1.49. The Morgan fingerprint density at radius 2 is 1.89 bits per heavy atom. The fraction of sp³-hybridized carbons (Fsp3) is 0.150. The highest BCUT2D eigenvalue weighted by Crippen LogP contribution is 2.32. The van der Waals surface area contributed by atoms with Gasteiger partial charge in [-0.3, -0.25) is 0 Å². The van der Waals surface area contributed by atoms with Gasteiger partial charge in [-0.25, -0.2) is 4.98 Å². The van der Waals surface area contributed by atoms with Crippen LogP contribution in [-0.2, 0) is 12.8 Å². The minimum absolute atomic E-state index is 0.724. The Morgan fingerprint density at radius 1 is 1.11 bits per heavy atom. The summed E-state index contributed by atoms with van der Waals surface area (Å²) in [5.41, 5.74) is 3.01. The van der Waals surface area contributed by atoms with Crippen molar-refractivity contribution >= 4 is 34.7 Å². The molecule has 2 aromatic carbocycles. The molecular formula is C20H17ClN4OS2. The molecule has 28 heavy (non-hydrogen) atoms. The van der Waals surface area contributed by atoms with Crippen LogP contribution in [0.3, 0.4) is 0 Å². The van der Waals surface area contributed by atoms with Crippen LogP contribution in [0.4, 0.5) is 0 Å². The van der Waals surface area contributed by atoms with E-state index in [4.69, 9.17) is 21.3 Å². The average molecular weight is 429 g/mol. The van der Waals surface area contributed by atoms with Crippen molar-refractivity contribution in [3.05, 3.63) is 64.6 Å². The highest BCUT2D eigenvalue weighted by Gasteiger charge is 2.15. The van der Waals surface area contributed by atoms with Gasteiger partial charge < -0.3 is 9.30 Å². The number of aromatic nitrogens is 4. The summed E-state index contributed by atoms with van der Waals surface area (Å²) in [6.07, 6.45) is 0. The molecule has 4 rings (SSSR count). The Kier molecular flexibility index (Phi) is 5.66. The number of nitrogens with zero attached hydrogens (tertiary/aromatic N) is 4. The predicted molar refractivity (Wildman–Crippen MR) is 115 cm³/mol. The summed E-state index contributed by atoms with van der Waals surface area (Å²) in [5, 5.41) is 13.3. The maximum Gasteiger partial charge on any atom is 0.191 e. The number of rotatable bonds is 6. The van der Waals surface area contributed by atoms with Crippen LogP contribution in [0, 0.1) is 0 Å². The second-order valence-corrected chi connectivity index (χ2v) is 8.24. The number of thiazole rings is 1. The molecule has 0 spiro atoms. The van der Waals surface area contributed by atoms with Gasteiger partial charge in [-0.05, 0) is 24.3 Å². The predicted octanol–water partition coefficient (Wildman–Crippen LogP) is 5.56. The number of thioether (sulfide) groups is 1. The zero-order valence-corrected chi connectivity index (χ0v) is 17.7. The first-order chi connectivity index (χ1) is 13.7. The fourth-order valence-electron chi connectivity index (χ4n) is 2.74. The number of ether oxygens (including phenoxy) is 1. The largest absolute Gasteiger partial charge is 0.496 e. The van der Waals surface area contributed by atoms with Crippen LogP contribution in [0.15, 0.2) is 59.1 Å². The summed E-state index contributed by atoms with van der Waals surface area (Å²) in [6.45, 7) is 0. The number of hydrogen-bond acceptors (Lipinski definition) is 6. The molecule has 0 aliphatic rings. The lowest BCUT2D eigenvalue weighted by Crippen LogP contribution is -1.97. The van der Waals surface area contributed by atoms with E-state index in [2.05, 4.69) is 15.6 Å². The summed E-state index contributed by atoms with van der Waals surface area (Å²) >= 11 is 9.20. The van der Waals surface area contributed by atoms with E-state index in [1.807, 2.05) is 60.1 Å². The van der Waals surface area contributed by atoms with Gasteiger partial charge in [-0.15, -0.1) is 21.5 Å². The van der Waals surface area contributed by atoms with Crippen LogP contribution in [-0.4, -0.2) is 26.9 Å². The number of para-hydroxylation sites is 1. The van der Waals surface area contributed by atoms with E-state index < -0.39 is 0 Å². The summed E-state index contributed by atoms with van der Waals surface area (Å²) < 4.78 is 7.42. The van der Waals surface area contributed by atoms with E-state index in [0.29, 0.717) is 0 Å². The molecule has 0 amide bonds. The molecule has 5 nitrogen and oxygen atoms in total. The van der Waals surface area contributed by atoms with Gasteiger partial charge >= 0.3 is 0 Å². The molecule has 142 valence electrons. The molecule has 2 heterocycles. The van der Waals surface area contributed by atoms with Crippen molar-refractivity contribution in [2.75, 3.05) is 7.11 Å². The van der Waals surface area contributed by atoms with Crippen molar-refractivity contribution in [1.82, 2.24) is 19.7 Å². The van der Waals surface area contributed by atoms with Gasteiger partial charge in [0, 0.05) is 28.8 Å². The molecule has 2 aromatic heterocycles. The van der Waals surface area contributed by atoms with E-state index in [-0.39, 0.29) is 0 Å². The van der Waals surface area contributed by atoms with Gasteiger partial charge in [0.15, 0.2) is 11.0 Å². The molecule has 0 radical (unpaired) electrons. The second-order valence-electron chi connectivity index (χ2n) is 6.01. The number of benzene rings is 2. The first kappa shape index (κ1) is 19.0. The van der Waals surface area contributed by atoms with Crippen molar-refractivity contribution in [3.63, 3.8) is 0 Å². The topological polar surface area (TPSA) is 52.8 Å². The highest BCUT2D eigenvalue weighted by atomic mass is 35.5. The number of methoxy groups -OCH3 is 1. The van der Waals surface area contributed by atoms with E-state index in [1.54, 1.807) is 30.2 Å². The molecule has 0 saturated heterocycles. The van der Waals surface area contributed by atoms with Crippen molar-refractivity contribution in [1.29, 1.82) is 0 Å². The lowest BCUT2D eigenvalue weighted by molar-refractivity contribution is 0.416. The van der Waals surface area contributed by atoms with E-state index in [9.17, 15) is 0 Å². The first-order valence-corrected chi connectivity index (χ1v) is 10.8. The van der Waals surface area contributed by atoms with E-state index in [0.717, 1.165) is 49.3 Å². The molecule has 0 atom stereocenters. The summed E-state index contributed by atoms with van der Waals surface area (Å²) in [4.78, 5) is 4.72. The van der Waals surface area contributed by atoms with Crippen LogP contribution in [0.2, 0.25) is 5.02 Å². The third-order valence-electron chi connectivity index (χ3n) is 4.17. The Hall–Kier alpha value is -2.35. The van der Waals surface area contributed by atoms with Crippen molar-refractivity contribution in [2.24, 2.45) is 7.05 Å². The van der Waals surface area contributed by atoms with E-state index in [1.165, 1.54) is 0 Å². The molecule has 0 N–H and O–H groups in total. The van der Waals surface area contributed by atoms with Gasteiger partial charge in [0.05, 0.1) is 18.4 Å². The normalized spacial score (nSPS) is 11.0. The van der Waals surface area contributed by atoms with Gasteiger partial charge in [-0.2, -0.15) is 0 Å². The molecule has 0 unspecified atom stereocenters. The van der Waals surface area contributed by atoms with Gasteiger partial charge in [-0.1, -0.05) is 47.6 Å². The zero-order chi connectivity index (χ0) is 19.5. The van der Waals surface area contributed by atoms with Crippen molar-refractivity contribution in [3.8, 4) is 27.7 Å². The average Bonchev–Trinajstić information content (AvgIpc) is 3.34. The van der Waals surface area contributed by atoms with Crippen molar-refractivity contribution < 1.29 is 4.74 Å². The molecule has 0 aliphatic heterocycles. The molecule has 0 saturated carbocycles. The van der Waals surface area contributed by atoms with Crippen LogP contribution in [0.5, 0.6) is 5.75 Å². The van der Waals surface area contributed by atoms with Gasteiger partial charge in [0.1, 0.15) is 10.8 Å². The van der Waals surface area contributed by atoms with Crippen LogP contribution >= 0.6 is 34.7 Å². The number of halogens is 1. The Morgan fingerprint density at radius 3 is 2.68 bits per heavy atom. The lowest BCUT2D eigenvalue weighted by atomic mass is 10.2. The SMILES string of the molecule is COc1ccccc1-c1nnc(SCc2csc(-c3ccc(Cl)cc3)n2)n1C. The minimum Gasteiger partial charge on any atom is -0.496 e. The third kappa shape index (κ3) is 3.92. The summed E-state index contributed by atoms with van der Waals surface area (Å²) in [7, 11) is 3.62. The van der Waals surface area contributed by atoms with Gasteiger partial charge in [0.25, 0.3) is 0 Å². The monoisotopic (exact) mass is 428 g/mol. The minimum atomic E-state index is 0.724. The quantitative estimate of drug-likeness (QED) is 0.376. The lowest BCUT2D eigenvalue weighted by Gasteiger charge is -2.07. The standard InChI is InChI=1S/C20H17ClN4OS2/c1-25-18(16-5-3-4-6-17(16)26-2)23-24-20(25)28-12-15-11-27-19(22-15)13-7-9-14(21)10-8-13/h3-11H,12H2,1-2H3. The molecular weight excluding hydrogens is 412 g/mol. The third-order valence-corrected chi connectivity index (χ3v) is 6.42. The first-order valence-electron chi connectivity index (χ1n) is 8.51. The van der Waals surface area contributed by atoms with Crippen LogP contribution in [0.25, 0.3) is 22.0 Å². The zero-order valence-electron chi connectivity index (χ0n) is 15.3. The van der Waals surface area contributed by atoms with Gasteiger partial charge in [0.2, 0.25) is 0 Å². The molecule has 0 aliphatic carbocycles. The maximum atomic E-state index is 5.96. The Bertz CT molecular complexity index is 1090. The number of hydrogen-bond donors (Lipinski definition) is 0. The molecule has 8 heteroatoms. The highest BCUT2D eigenvalue weighted by molar-refractivity contribution is 7.98. The smallest absolute Gasteiger partial charge is 0.191 e. The Labute approximate surface area is 176 Å². The van der Waals surface area contributed by atoms with E-state index >= 15 is 0 Å². The fourth-order valence-corrected chi connectivity index (χ4v) is 4.60. The van der Waals surface area contributed by atoms with Crippen LogP contribution in [0.1, 0.15) is 5.69 Å². The molecule has 0 bridgehead atoms. The molecule has 0 fully saturated rings. The van der Waals surface area contributed by atoms with Crippen LogP contribution < -0.4 is 4.74 Å². The second kappa shape index (κ2) is 8.34. The molecule has 4 aromatic rings. The maximum absolute atomic E-state index is 5.96.